The number of carbonyl (C=O) groups is 3. The number of ether oxygens (including phenoxy) is 1. The smallest absolute Gasteiger partial charge is 0.312 e. The Labute approximate surface area is 118 Å². The van der Waals surface area contributed by atoms with Gasteiger partial charge >= 0.3 is 11.9 Å². The third-order valence-corrected chi connectivity index (χ3v) is 4.63. The number of hydrogen-bond acceptors (Lipinski definition) is 4. The molecule has 2 aliphatic carbocycles. The Hall–Kier alpha value is -1.39. The average molecular weight is 282 g/mol. The SMILES string of the molecule is CC1CC2CC(C(=O)OCCC(=O)O)(C1)CC(C)C2=O. The third kappa shape index (κ3) is 2.86. The molecule has 0 aliphatic heterocycles. The van der Waals surface area contributed by atoms with E-state index in [2.05, 4.69) is 6.92 Å². The first kappa shape index (κ1) is 15.0. The number of hydrogen-bond donors (Lipinski definition) is 1. The lowest BCUT2D eigenvalue weighted by Gasteiger charge is -2.47. The normalized spacial score (nSPS) is 36.5. The zero-order valence-electron chi connectivity index (χ0n) is 12.1. The highest BCUT2D eigenvalue weighted by Crippen LogP contribution is 2.52. The van der Waals surface area contributed by atoms with Gasteiger partial charge < -0.3 is 9.84 Å². The van der Waals surface area contributed by atoms with Crippen molar-refractivity contribution < 1.29 is 24.2 Å². The summed E-state index contributed by atoms with van der Waals surface area (Å²) < 4.78 is 5.17. The summed E-state index contributed by atoms with van der Waals surface area (Å²) >= 11 is 0. The Bertz CT molecular complexity index is 426. The van der Waals surface area contributed by atoms with Crippen LogP contribution in [0.4, 0.5) is 0 Å². The first-order chi connectivity index (χ1) is 9.34. The molecule has 0 radical (unpaired) electrons. The average Bonchev–Trinajstić information content (AvgIpc) is 2.35. The van der Waals surface area contributed by atoms with E-state index in [4.69, 9.17) is 9.84 Å². The van der Waals surface area contributed by atoms with Crippen molar-refractivity contribution in [3.05, 3.63) is 0 Å². The molecule has 5 nitrogen and oxygen atoms in total. The molecule has 2 aliphatic rings. The number of Topliss-reactive ketones (excluding diaryl/α,β-unsaturated/α-hetero) is 1. The Morgan fingerprint density at radius 2 is 2.00 bits per heavy atom. The molecule has 0 aromatic carbocycles. The lowest BCUT2D eigenvalue weighted by Crippen LogP contribution is -2.49. The molecule has 2 fully saturated rings. The molecule has 5 heteroatoms. The number of fused-ring (bicyclic) bond motifs is 2. The van der Waals surface area contributed by atoms with Gasteiger partial charge in [-0.25, -0.2) is 0 Å². The van der Waals surface area contributed by atoms with E-state index in [0.717, 1.165) is 12.8 Å². The molecule has 2 rings (SSSR count). The molecule has 2 saturated carbocycles. The summed E-state index contributed by atoms with van der Waals surface area (Å²) in [7, 11) is 0. The predicted molar refractivity (Wildman–Crippen MR) is 70.9 cm³/mol. The second-order valence-corrected chi connectivity index (χ2v) is 6.51. The van der Waals surface area contributed by atoms with Gasteiger partial charge in [-0.05, 0) is 31.6 Å². The molecule has 0 aromatic rings. The summed E-state index contributed by atoms with van der Waals surface area (Å²) in [5.74, 6) is -0.822. The monoisotopic (exact) mass is 282 g/mol. The maximum atomic E-state index is 12.4. The van der Waals surface area contributed by atoms with E-state index in [1.54, 1.807) is 0 Å². The highest BCUT2D eigenvalue weighted by atomic mass is 16.5. The largest absolute Gasteiger partial charge is 0.481 e. The lowest BCUT2D eigenvalue weighted by atomic mass is 9.56. The maximum Gasteiger partial charge on any atom is 0.312 e. The second-order valence-electron chi connectivity index (χ2n) is 6.51. The molecule has 112 valence electrons. The van der Waals surface area contributed by atoms with Gasteiger partial charge in [0.25, 0.3) is 0 Å². The summed E-state index contributed by atoms with van der Waals surface area (Å²) in [4.78, 5) is 35.0. The van der Waals surface area contributed by atoms with Gasteiger partial charge in [-0.2, -0.15) is 0 Å². The molecule has 20 heavy (non-hydrogen) atoms. The minimum Gasteiger partial charge on any atom is -0.481 e. The van der Waals surface area contributed by atoms with Crippen LogP contribution in [0.25, 0.3) is 0 Å². The van der Waals surface area contributed by atoms with E-state index >= 15 is 0 Å². The molecule has 2 bridgehead atoms. The van der Waals surface area contributed by atoms with Crippen LogP contribution < -0.4 is 0 Å². The first-order valence-electron chi connectivity index (χ1n) is 7.27. The minimum absolute atomic E-state index is 0.0328. The quantitative estimate of drug-likeness (QED) is 0.798. The molecular formula is C15H22O5. The summed E-state index contributed by atoms with van der Waals surface area (Å²) in [5, 5.41) is 8.59. The number of carbonyl (C=O) groups excluding carboxylic acids is 2. The summed E-state index contributed by atoms with van der Waals surface area (Å²) in [6, 6.07) is 0. The van der Waals surface area contributed by atoms with Gasteiger partial charge in [-0.15, -0.1) is 0 Å². The fourth-order valence-electron chi connectivity index (χ4n) is 3.98. The molecule has 0 aromatic heterocycles. The molecule has 4 atom stereocenters. The van der Waals surface area contributed by atoms with Crippen molar-refractivity contribution in [1.29, 1.82) is 0 Å². The molecule has 4 unspecified atom stereocenters. The highest BCUT2D eigenvalue weighted by Gasteiger charge is 2.53. The topological polar surface area (TPSA) is 80.7 Å². The van der Waals surface area contributed by atoms with Crippen LogP contribution in [0.15, 0.2) is 0 Å². The predicted octanol–water partition coefficient (Wildman–Crippen LogP) is 2.04. The van der Waals surface area contributed by atoms with Crippen LogP contribution in [0, 0.1) is 23.2 Å². The minimum atomic E-state index is -0.975. The van der Waals surface area contributed by atoms with Crippen molar-refractivity contribution in [3.63, 3.8) is 0 Å². The van der Waals surface area contributed by atoms with Crippen LogP contribution in [0.1, 0.15) is 46.0 Å². The van der Waals surface area contributed by atoms with Crippen molar-refractivity contribution in [2.45, 2.75) is 46.0 Å². The van der Waals surface area contributed by atoms with E-state index in [0.29, 0.717) is 18.8 Å². The van der Waals surface area contributed by atoms with Gasteiger partial charge in [0.15, 0.2) is 0 Å². The van der Waals surface area contributed by atoms with Crippen LogP contribution in [-0.2, 0) is 19.1 Å². The third-order valence-electron chi connectivity index (χ3n) is 4.63. The van der Waals surface area contributed by atoms with Crippen molar-refractivity contribution in [1.82, 2.24) is 0 Å². The zero-order chi connectivity index (χ0) is 14.9. The Morgan fingerprint density at radius 1 is 1.30 bits per heavy atom. The molecule has 0 heterocycles. The van der Waals surface area contributed by atoms with Gasteiger partial charge in [0.05, 0.1) is 11.8 Å². The van der Waals surface area contributed by atoms with Gasteiger partial charge in [0.2, 0.25) is 0 Å². The number of esters is 1. The molecule has 1 N–H and O–H groups in total. The van der Waals surface area contributed by atoms with Crippen molar-refractivity contribution in [2.75, 3.05) is 6.61 Å². The van der Waals surface area contributed by atoms with E-state index in [1.165, 1.54) is 0 Å². The van der Waals surface area contributed by atoms with Gasteiger partial charge in [-0.1, -0.05) is 13.8 Å². The second kappa shape index (κ2) is 5.54. The molecule has 0 spiro atoms. The van der Waals surface area contributed by atoms with Crippen molar-refractivity contribution in [3.8, 4) is 0 Å². The maximum absolute atomic E-state index is 12.4. The number of aliphatic carboxylic acids is 1. The zero-order valence-corrected chi connectivity index (χ0v) is 12.1. The number of ketones is 1. The standard InChI is InChI=1S/C15H22O5/c1-9-5-11-8-15(6-9,7-10(2)13(11)18)14(19)20-4-3-12(16)17/h9-11H,3-8H2,1-2H3,(H,16,17). The lowest BCUT2D eigenvalue weighted by molar-refractivity contribution is -0.167. The van der Waals surface area contributed by atoms with E-state index in [9.17, 15) is 14.4 Å². The van der Waals surface area contributed by atoms with Crippen molar-refractivity contribution >= 4 is 17.7 Å². The van der Waals surface area contributed by atoms with Crippen molar-refractivity contribution in [2.24, 2.45) is 23.2 Å². The fraction of sp³-hybridized carbons (Fsp3) is 0.800. The molecule has 0 amide bonds. The summed E-state index contributed by atoms with van der Waals surface area (Å²) in [6.07, 6.45) is 2.54. The van der Waals surface area contributed by atoms with Crippen LogP contribution in [0.2, 0.25) is 0 Å². The summed E-state index contributed by atoms with van der Waals surface area (Å²) in [5.41, 5.74) is -0.575. The van der Waals surface area contributed by atoms with Gasteiger partial charge in [0, 0.05) is 11.8 Å². The number of rotatable bonds is 4. The Kier molecular flexibility index (Phi) is 4.16. The summed E-state index contributed by atoms with van der Waals surface area (Å²) in [6.45, 7) is 3.86. The van der Waals surface area contributed by atoms with Gasteiger partial charge in [0.1, 0.15) is 12.4 Å². The molecular weight excluding hydrogens is 260 g/mol. The Morgan fingerprint density at radius 3 is 2.65 bits per heavy atom. The number of carboxylic acid groups (broad SMARTS) is 1. The van der Waals surface area contributed by atoms with E-state index < -0.39 is 11.4 Å². The van der Waals surface area contributed by atoms with E-state index in [1.807, 2.05) is 6.92 Å². The van der Waals surface area contributed by atoms with E-state index in [-0.39, 0.29) is 36.6 Å². The van der Waals surface area contributed by atoms with Crippen LogP contribution in [0.3, 0.4) is 0 Å². The first-order valence-corrected chi connectivity index (χ1v) is 7.27. The van der Waals surface area contributed by atoms with Crippen LogP contribution in [0.5, 0.6) is 0 Å². The molecule has 0 saturated heterocycles. The Balaban J connectivity index is 2.08. The van der Waals surface area contributed by atoms with Crippen LogP contribution in [-0.4, -0.2) is 29.4 Å². The van der Waals surface area contributed by atoms with Gasteiger partial charge in [-0.3, -0.25) is 14.4 Å². The highest BCUT2D eigenvalue weighted by molar-refractivity contribution is 5.88. The fourth-order valence-corrected chi connectivity index (χ4v) is 3.98. The number of carboxylic acids is 1. The van der Waals surface area contributed by atoms with Crippen LogP contribution >= 0.6 is 0 Å².